The summed E-state index contributed by atoms with van der Waals surface area (Å²) >= 11 is 0. The fourth-order valence-electron chi connectivity index (χ4n) is 2.77. The van der Waals surface area contributed by atoms with Gasteiger partial charge in [-0.15, -0.1) is 0 Å². The summed E-state index contributed by atoms with van der Waals surface area (Å²) < 4.78 is 11.4. The number of nitrogens with zero attached hydrogens (tertiary/aromatic N) is 2. The highest BCUT2D eigenvalue weighted by atomic mass is 16.5. The van der Waals surface area contributed by atoms with Crippen molar-refractivity contribution in [2.75, 3.05) is 20.7 Å². The van der Waals surface area contributed by atoms with Crippen LogP contribution in [-0.4, -0.2) is 37.7 Å². The maximum absolute atomic E-state index is 5.84. The number of rotatable bonds is 2. The van der Waals surface area contributed by atoms with Gasteiger partial charge in [0.15, 0.2) is 5.96 Å². The lowest BCUT2D eigenvalue weighted by Crippen LogP contribution is -2.32. The molecule has 0 aliphatic carbocycles. The van der Waals surface area contributed by atoms with Crippen molar-refractivity contribution in [3.63, 3.8) is 0 Å². The topological polar surface area (TPSA) is 60.1 Å². The summed E-state index contributed by atoms with van der Waals surface area (Å²) in [5.74, 6) is 2.42. The number of nitrogens with two attached hydrogens (primary N) is 1. The quantitative estimate of drug-likeness (QED) is 0.872. The molecule has 2 unspecified atom stereocenters. The van der Waals surface area contributed by atoms with Gasteiger partial charge >= 0.3 is 0 Å². The van der Waals surface area contributed by atoms with Crippen LogP contribution >= 0.6 is 0 Å². The van der Waals surface area contributed by atoms with Crippen LogP contribution in [0.2, 0.25) is 0 Å². The molecule has 2 heterocycles. The van der Waals surface area contributed by atoms with Gasteiger partial charge in [0, 0.05) is 24.6 Å². The molecule has 102 valence electrons. The molecule has 5 nitrogen and oxygen atoms in total. The Morgan fingerprint density at radius 2 is 2.26 bits per heavy atom. The number of aliphatic imine (C=N–C) groups is 1. The van der Waals surface area contributed by atoms with Gasteiger partial charge in [-0.25, -0.2) is 0 Å². The van der Waals surface area contributed by atoms with Crippen LogP contribution in [0.5, 0.6) is 11.5 Å². The molecular weight excluding hydrogens is 242 g/mol. The van der Waals surface area contributed by atoms with Crippen molar-refractivity contribution in [2.24, 2.45) is 10.7 Å². The molecule has 19 heavy (non-hydrogen) atoms. The van der Waals surface area contributed by atoms with E-state index in [-0.39, 0.29) is 12.1 Å². The number of benzene rings is 1. The van der Waals surface area contributed by atoms with Crippen LogP contribution in [0.4, 0.5) is 0 Å². The van der Waals surface area contributed by atoms with Gasteiger partial charge in [-0.05, 0) is 19.1 Å². The van der Waals surface area contributed by atoms with E-state index in [0.717, 1.165) is 23.5 Å². The molecule has 1 aromatic rings. The van der Waals surface area contributed by atoms with Gasteiger partial charge in [-0.3, -0.25) is 4.99 Å². The fraction of sp³-hybridized carbons (Fsp3) is 0.500. The normalized spacial score (nSPS) is 25.0. The van der Waals surface area contributed by atoms with Crippen molar-refractivity contribution >= 4 is 5.96 Å². The van der Waals surface area contributed by atoms with E-state index in [9.17, 15) is 0 Å². The Hall–Kier alpha value is -1.91. The molecule has 0 amide bonds. The molecule has 2 aliphatic heterocycles. The largest absolute Gasteiger partial charge is 0.496 e. The predicted octanol–water partition coefficient (Wildman–Crippen LogP) is 1.32. The summed E-state index contributed by atoms with van der Waals surface area (Å²) in [6.45, 7) is 2.74. The van der Waals surface area contributed by atoms with Gasteiger partial charge in [0.25, 0.3) is 0 Å². The molecule has 0 fully saturated rings. The van der Waals surface area contributed by atoms with Gasteiger partial charge in [0.05, 0.1) is 19.7 Å². The minimum atomic E-state index is 0.125. The summed E-state index contributed by atoms with van der Waals surface area (Å²) in [6.07, 6.45) is 1.17. The Morgan fingerprint density at radius 3 is 2.89 bits per heavy atom. The third-order valence-corrected chi connectivity index (χ3v) is 3.86. The van der Waals surface area contributed by atoms with E-state index in [4.69, 9.17) is 15.2 Å². The summed E-state index contributed by atoms with van der Waals surface area (Å²) in [5.41, 5.74) is 8.13. The first-order valence-corrected chi connectivity index (χ1v) is 6.50. The van der Waals surface area contributed by atoms with Gasteiger partial charge in [0.2, 0.25) is 0 Å². The molecule has 0 saturated heterocycles. The van der Waals surface area contributed by atoms with E-state index >= 15 is 0 Å². The van der Waals surface area contributed by atoms with Crippen molar-refractivity contribution in [3.8, 4) is 11.5 Å². The molecule has 0 saturated carbocycles. The first kappa shape index (κ1) is 12.1. The van der Waals surface area contributed by atoms with Crippen LogP contribution in [0.3, 0.4) is 0 Å². The minimum Gasteiger partial charge on any atom is -0.496 e. The smallest absolute Gasteiger partial charge is 0.191 e. The molecule has 0 aromatic heterocycles. The van der Waals surface area contributed by atoms with Crippen molar-refractivity contribution in [3.05, 3.63) is 23.3 Å². The zero-order chi connectivity index (χ0) is 13.6. The Morgan fingerprint density at radius 1 is 1.47 bits per heavy atom. The van der Waals surface area contributed by atoms with Crippen LogP contribution in [0.15, 0.2) is 17.1 Å². The summed E-state index contributed by atoms with van der Waals surface area (Å²) in [7, 11) is 3.65. The second-order valence-corrected chi connectivity index (χ2v) is 5.16. The van der Waals surface area contributed by atoms with E-state index in [0.29, 0.717) is 12.5 Å². The SMILES string of the molecule is COc1cc2c(cc1C1CN=C(N)N1C)OC(C)C2. The molecule has 0 spiro atoms. The Kier molecular flexibility index (Phi) is 2.77. The summed E-state index contributed by atoms with van der Waals surface area (Å²) in [4.78, 5) is 6.26. The van der Waals surface area contributed by atoms with E-state index in [2.05, 4.69) is 24.0 Å². The zero-order valence-corrected chi connectivity index (χ0v) is 11.5. The molecule has 0 bridgehead atoms. The standard InChI is InChI=1S/C14H19N3O2/c1-8-4-9-5-13(18-3)10(6-12(9)19-8)11-7-16-14(15)17(11)2/h5-6,8,11H,4,7H2,1-3H3,(H2,15,16). The molecule has 2 N–H and O–H groups in total. The van der Waals surface area contributed by atoms with Crippen molar-refractivity contribution < 1.29 is 9.47 Å². The molecule has 2 aliphatic rings. The maximum Gasteiger partial charge on any atom is 0.191 e. The highest BCUT2D eigenvalue weighted by Gasteiger charge is 2.30. The lowest BCUT2D eigenvalue weighted by molar-refractivity contribution is 0.254. The molecule has 0 radical (unpaired) electrons. The van der Waals surface area contributed by atoms with Crippen LogP contribution in [-0.2, 0) is 6.42 Å². The van der Waals surface area contributed by atoms with E-state index in [1.165, 1.54) is 5.56 Å². The number of methoxy groups -OCH3 is 1. The second-order valence-electron chi connectivity index (χ2n) is 5.16. The average Bonchev–Trinajstić information content (AvgIpc) is 2.90. The first-order valence-electron chi connectivity index (χ1n) is 6.50. The number of guanidine groups is 1. The first-order chi connectivity index (χ1) is 9.10. The van der Waals surface area contributed by atoms with Crippen molar-refractivity contribution in [2.45, 2.75) is 25.5 Å². The molecule has 3 rings (SSSR count). The third-order valence-electron chi connectivity index (χ3n) is 3.86. The average molecular weight is 261 g/mol. The molecule has 5 heteroatoms. The van der Waals surface area contributed by atoms with Crippen molar-refractivity contribution in [1.29, 1.82) is 0 Å². The number of fused-ring (bicyclic) bond motifs is 1. The van der Waals surface area contributed by atoms with E-state index < -0.39 is 0 Å². The van der Waals surface area contributed by atoms with Gasteiger partial charge in [-0.1, -0.05) is 0 Å². The summed E-state index contributed by atoms with van der Waals surface area (Å²) in [5, 5.41) is 0. The second kappa shape index (κ2) is 4.33. The number of hydrogen-bond donors (Lipinski definition) is 1. The zero-order valence-electron chi connectivity index (χ0n) is 11.5. The molecule has 1 aromatic carbocycles. The summed E-state index contributed by atoms with van der Waals surface area (Å²) in [6, 6.07) is 4.28. The van der Waals surface area contributed by atoms with Gasteiger partial charge in [0.1, 0.15) is 17.6 Å². The van der Waals surface area contributed by atoms with Crippen molar-refractivity contribution in [1.82, 2.24) is 4.90 Å². The maximum atomic E-state index is 5.84. The van der Waals surface area contributed by atoms with E-state index in [1.54, 1.807) is 7.11 Å². The highest BCUT2D eigenvalue weighted by Crippen LogP contribution is 2.39. The van der Waals surface area contributed by atoms with Crippen LogP contribution < -0.4 is 15.2 Å². The molecular formula is C14H19N3O2. The van der Waals surface area contributed by atoms with Gasteiger partial charge < -0.3 is 20.1 Å². The highest BCUT2D eigenvalue weighted by molar-refractivity contribution is 5.80. The van der Waals surface area contributed by atoms with Crippen LogP contribution in [0.1, 0.15) is 24.1 Å². The predicted molar refractivity (Wildman–Crippen MR) is 73.8 cm³/mol. The Balaban J connectivity index is 2.00. The van der Waals surface area contributed by atoms with E-state index in [1.807, 2.05) is 11.9 Å². The number of ether oxygens (including phenoxy) is 2. The minimum absolute atomic E-state index is 0.125. The van der Waals surface area contributed by atoms with Gasteiger partial charge in [-0.2, -0.15) is 0 Å². The Labute approximate surface area is 113 Å². The fourth-order valence-corrected chi connectivity index (χ4v) is 2.77. The monoisotopic (exact) mass is 261 g/mol. The lowest BCUT2D eigenvalue weighted by Gasteiger charge is -2.23. The molecule has 2 atom stereocenters. The van der Waals surface area contributed by atoms with Crippen LogP contribution in [0, 0.1) is 0 Å². The number of likely N-dealkylation sites (N-methyl/N-ethyl adjacent to an activating group) is 1. The third kappa shape index (κ3) is 1.89. The lowest BCUT2D eigenvalue weighted by atomic mass is 10.0. The Bertz CT molecular complexity index is 542. The number of hydrogen-bond acceptors (Lipinski definition) is 5. The van der Waals surface area contributed by atoms with Crippen LogP contribution in [0.25, 0.3) is 0 Å².